The number of aliphatic hydroxyl groups is 1. The number of hydrogen-bond donors (Lipinski definition) is 1. The van der Waals surface area contributed by atoms with Gasteiger partial charge in [-0.15, -0.1) is 0 Å². The molecule has 0 aliphatic carbocycles. The summed E-state index contributed by atoms with van der Waals surface area (Å²) in [5.74, 6) is 3.03. The van der Waals surface area contributed by atoms with Crippen LogP contribution in [-0.4, -0.2) is 27.6 Å². The molecule has 5 heteroatoms. The molecule has 4 nitrogen and oxygen atoms in total. The van der Waals surface area contributed by atoms with Crippen LogP contribution in [0.25, 0.3) is 0 Å². The Morgan fingerprint density at radius 2 is 2.42 bits per heavy atom. The molecule has 0 saturated carbocycles. The summed E-state index contributed by atoms with van der Waals surface area (Å²) in [5, 5.41) is 12.2. The predicted octanol–water partition coefficient (Wildman–Crippen LogP) is 0.994. The van der Waals surface area contributed by atoms with Crippen molar-refractivity contribution >= 4 is 11.8 Å². The molecule has 12 heavy (non-hydrogen) atoms. The predicted molar refractivity (Wildman–Crippen MR) is 46.9 cm³/mol. The van der Waals surface area contributed by atoms with Crippen molar-refractivity contribution in [3.8, 4) is 0 Å². The first-order chi connectivity index (χ1) is 5.83. The zero-order valence-electron chi connectivity index (χ0n) is 6.99. The van der Waals surface area contributed by atoms with E-state index in [1.807, 2.05) is 0 Å². The maximum Gasteiger partial charge on any atom is 0.223 e. The average Bonchev–Trinajstić information content (AvgIpc) is 2.45. The van der Waals surface area contributed by atoms with Gasteiger partial charge in [0, 0.05) is 13.5 Å². The lowest BCUT2D eigenvalue weighted by atomic mass is 10.5. The van der Waals surface area contributed by atoms with E-state index in [-0.39, 0.29) is 6.61 Å². The van der Waals surface area contributed by atoms with Crippen LogP contribution in [0, 0.1) is 6.92 Å². The molecule has 0 bridgehead atoms. The Kier molecular flexibility index (Phi) is 4.10. The van der Waals surface area contributed by atoms with Crippen LogP contribution in [0.1, 0.15) is 18.1 Å². The molecule has 0 aliphatic heterocycles. The average molecular weight is 188 g/mol. The van der Waals surface area contributed by atoms with Gasteiger partial charge in [-0.05, 0) is 12.2 Å². The second-order valence-electron chi connectivity index (χ2n) is 2.36. The molecule has 0 spiro atoms. The second-order valence-corrected chi connectivity index (χ2v) is 3.46. The fourth-order valence-corrected chi connectivity index (χ4v) is 1.51. The highest BCUT2D eigenvalue weighted by atomic mass is 32.2. The van der Waals surface area contributed by atoms with Crippen LogP contribution in [0.4, 0.5) is 0 Å². The smallest absolute Gasteiger partial charge is 0.223 e. The highest BCUT2D eigenvalue weighted by Gasteiger charge is 2.00. The topological polar surface area (TPSA) is 59.2 Å². The summed E-state index contributed by atoms with van der Waals surface area (Å²) in [6, 6.07) is 0. The lowest BCUT2D eigenvalue weighted by molar-refractivity contribution is 0.296. The number of thioether (sulfide) groups is 1. The monoisotopic (exact) mass is 188 g/mol. The molecule has 0 radical (unpaired) electrons. The molecule has 0 aliphatic rings. The minimum atomic E-state index is 0.248. The van der Waals surface area contributed by atoms with Crippen molar-refractivity contribution in [3.63, 3.8) is 0 Å². The first-order valence-corrected chi connectivity index (χ1v) is 4.96. The lowest BCUT2D eigenvalue weighted by Crippen LogP contribution is -1.88. The van der Waals surface area contributed by atoms with Gasteiger partial charge < -0.3 is 9.63 Å². The normalized spacial score (nSPS) is 10.5. The molecule has 1 aromatic rings. The molecule has 0 atom stereocenters. The summed E-state index contributed by atoms with van der Waals surface area (Å²) in [4.78, 5) is 4.05. The van der Waals surface area contributed by atoms with Crippen LogP contribution in [0.15, 0.2) is 4.52 Å². The highest BCUT2D eigenvalue weighted by molar-refractivity contribution is 7.98. The quantitative estimate of drug-likeness (QED) is 0.698. The Bertz CT molecular complexity index is 227. The van der Waals surface area contributed by atoms with Crippen molar-refractivity contribution in [1.82, 2.24) is 10.1 Å². The Morgan fingerprint density at radius 3 is 3.00 bits per heavy atom. The van der Waals surface area contributed by atoms with Crippen LogP contribution in [0.2, 0.25) is 0 Å². The highest BCUT2D eigenvalue weighted by Crippen LogP contribution is 2.09. The van der Waals surface area contributed by atoms with Crippen molar-refractivity contribution < 1.29 is 9.63 Å². The van der Waals surface area contributed by atoms with E-state index in [9.17, 15) is 0 Å². The fraction of sp³-hybridized carbons (Fsp3) is 0.714. The molecule has 68 valence electrons. The van der Waals surface area contributed by atoms with Gasteiger partial charge in [0.05, 0.1) is 5.75 Å². The van der Waals surface area contributed by atoms with E-state index in [0.717, 1.165) is 23.8 Å². The number of aliphatic hydroxyl groups excluding tert-OH is 1. The number of aryl methyl sites for hydroxylation is 1. The van der Waals surface area contributed by atoms with E-state index >= 15 is 0 Å². The SMILES string of the molecule is Cc1nc(CSCCCO)no1. The minimum absolute atomic E-state index is 0.248. The van der Waals surface area contributed by atoms with Gasteiger partial charge in [0.1, 0.15) is 0 Å². The Morgan fingerprint density at radius 1 is 1.58 bits per heavy atom. The van der Waals surface area contributed by atoms with Gasteiger partial charge in [-0.1, -0.05) is 5.16 Å². The summed E-state index contributed by atoms with van der Waals surface area (Å²) in [7, 11) is 0. The van der Waals surface area contributed by atoms with Crippen molar-refractivity contribution in [2.45, 2.75) is 19.1 Å². The third-order valence-electron chi connectivity index (χ3n) is 1.25. The van der Waals surface area contributed by atoms with Crippen molar-refractivity contribution in [2.75, 3.05) is 12.4 Å². The third kappa shape index (κ3) is 3.23. The summed E-state index contributed by atoms with van der Waals surface area (Å²) in [6.45, 7) is 2.02. The summed E-state index contributed by atoms with van der Waals surface area (Å²) < 4.78 is 4.80. The van der Waals surface area contributed by atoms with Gasteiger partial charge in [-0.3, -0.25) is 0 Å². The molecule has 0 aromatic carbocycles. The molecule has 1 N–H and O–H groups in total. The van der Waals surface area contributed by atoms with E-state index in [1.165, 1.54) is 0 Å². The van der Waals surface area contributed by atoms with E-state index in [4.69, 9.17) is 9.63 Å². The van der Waals surface area contributed by atoms with Gasteiger partial charge in [-0.25, -0.2) is 0 Å². The van der Waals surface area contributed by atoms with Gasteiger partial charge in [0.25, 0.3) is 0 Å². The first kappa shape index (κ1) is 9.54. The maximum atomic E-state index is 8.50. The number of rotatable bonds is 5. The first-order valence-electron chi connectivity index (χ1n) is 3.80. The molecule has 1 rings (SSSR count). The van der Waals surface area contributed by atoms with Crippen LogP contribution in [-0.2, 0) is 5.75 Å². The van der Waals surface area contributed by atoms with Crippen LogP contribution in [0.3, 0.4) is 0 Å². The zero-order chi connectivity index (χ0) is 8.81. The molecule has 1 heterocycles. The second kappa shape index (κ2) is 5.16. The molecular weight excluding hydrogens is 176 g/mol. The number of hydrogen-bond acceptors (Lipinski definition) is 5. The molecule has 1 aromatic heterocycles. The largest absolute Gasteiger partial charge is 0.396 e. The molecule has 0 amide bonds. The molecule has 0 fully saturated rings. The fourth-order valence-electron chi connectivity index (χ4n) is 0.730. The van der Waals surface area contributed by atoms with Gasteiger partial charge >= 0.3 is 0 Å². The molecule has 0 unspecified atom stereocenters. The van der Waals surface area contributed by atoms with Gasteiger partial charge in [0.2, 0.25) is 5.89 Å². The van der Waals surface area contributed by atoms with E-state index in [2.05, 4.69) is 10.1 Å². The zero-order valence-corrected chi connectivity index (χ0v) is 7.80. The maximum absolute atomic E-state index is 8.50. The summed E-state index contributed by atoms with van der Waals surface area (Å²) in [5.41, 5.74) is 0. The van der Waals surface area contributed by atoms with E-state index in [1.54, 1.807) is 18.7 Å². The van der Waals surface area contributed by atoms with Gasteiger partial charge in [-0.2, -0.15) is 16.7 Å². The van der Waals surface area contributed by atoms with Crippen molar-refractivity contribution in [2.24, 2.45) is 0 Å². The number of nitrogens with zero attached hydrogens (tertiary/aromatic N) is 2. The molecular formula is C7H12N2O2S. The summed E-state index contributed by atoms with van der Waals surface area (Å²) in [6.07, 6.45) is 0.821. The minimum Gasteiger partial charge on any atom is -0.396 e. The Hall–Kier alpha value is -0.550. The van der Waals surface area contributed by atoms with E-state index in [0.29, 0.717) is 5.89 Å². The standard InChI is InChI=1S/C7H12N2O2S/c1-6-8-7(9-11-6)5-12-4-2-3-10/h10H,2-5H2,1H3. The lowest BCUT2D eigenvalue weighted by Gasteiger charge is -1.93. The third-order valence-corrected chi connectivity index (χ3v) is 2.29. The van der Waals surface area contributed by atoms with Crippen molar-refractivity contribution in [1.29, 1.82) is 0 Å². The van der Waals surface area contributed by atoms with E-state index < -0.39 is 0 Å². The van der Waals surface area contributed by atoms with Gasteiger partial charge in [0.15, 0.2) is 5.82 Å². The van der Waals surface area contributed by atoms with Crippen LogP contribution in [0.5, 0.6) is 0 Å². The van der Waals surface area contributed by atoms with Crippen LogP contribution < -0.4 is 0 Å². The Balaban J connectivity index is 2.15. The summed E-state index contributed by atoms with van der Waals surface area (Å²) >= 11 is 1.70. The Labute approximate surface area is 75.4 Å². The number of aromatic nitrogens is 2. The molecule has 0 saturated heterocycles. The van der Waals surface area contributed by atoms with Crippen LogP contribution >= 0.6 is 11.8 Å². The van der Waals surface area contributed by atoms with Crippen molar-refractivity contribution in [3.05, 3.63) is 11.7 Å².